The van der Waals surface area contributed by atoms with E-state index < -0.39 is 6.04 Å². The Morgan fingerprint density at radius 2 is 1.73 bits per heavy atom. The van der Waals surface area contributed by atoms with E-state index >= 15 is 0 Å². The highest BCUT2D eigenvalue weighted by Gasteiger charge is 2.29. The molecule has 2 amide bonds. The highest BCUT2D eigenvalue weighted by atomic mass is 35.5. The Morgan fingerprint density at radius 1 is 1.06 bits per heavy atom. The summed E-state index contributed by atoms with van der Waals surface area (Å²) in [7, 11) is 0. The predicted molar refractivity (Wildman–Crippen MR) is 135 cm³/mol. The van der Waals surface area contributed by atoms with Gasteiger partial charge in [0.05, 0.1) is 0 Å². The van der Waals surface area contributed by atoms with Crippen LogP contribution in [0.4, 0.5) is 0 Å². The highest BCUT2D eigenvalue weighted by molar-refractivity contribution is 6.30. The largest absolute Gasteiger partial charge is 0.483 e. The third kappa shape index (κ3) is 8.08. The maximum Gasteiger partial charge on any atom is 0.261 e. The fourth-order valence-electron chi connectivity index (χ4n) is 3.65. The second-order valence-electron chi connectivity index (χ2n) is 9.25. The van der Waals surface area contributed by atoms with E-state index in [4.69, 9.17) is 16.3 Å². The molecular weight excluding hydrogens is 436 g/mol. The smallest absolute Gasteiger partial charge is 0.261 e. The van der Waals surface area contributed by atoms with Crippen molar-refractivity contribution in [3.63, 3.8) is 0 Å². The minimum atomic E-state index is -0.577. The molecule has 0 aliphatic rings. The van der Waals surface area contributed by atoms with E-state index in [0.29, 0.717) is 30.3 Å². The van der Waals surface area contributed by atoms with Crippen LogP contribution in [-0.4, -0.2) is 35.9 Å². The summed E-state index contributed by atoms with van der Waals surface area (Å²) in [6.07, 6.45) is 2.40. The van der Waals surface area contributed by atoms with Crippen molar-refractivity contribution in [3.8, 4) is 5.75 Å². The van der Waals surface area contributed by atoms with Crippen molar-refractivity contribution >= 4 is 23.4 Å². The van der Waals surface area contributed by atoms with E-state index in [-0.39, 0.29) is 23.8 Å². The van der Waals surface area contributed by atoms with Crippen molar-refractivity contribution in [2.75, 3.05) is 13.2 Å². The number of hydrogen-bond donors (Lipinski definition) is 1. The molecule has 6 heteroatoms. The van der Waals surface area contributed by atoms with Gasteiger partial charge in [-0.1, -0.05) is 83.0 Å². The summed E-state index contributed by atoms with van der Waals surface area (Å²) in [5.74, 6) is 0.319. The first-order valence-corrected chi connectivity index (χ1v) is 12.1. The first-order chi connectivity index (χ1) is 15.7. The Hall–Kier alpha value is -2.53. The molecular formula is C27H37ClN2O3. The number of nitrogens with one attached hydrogen (secondary N) is 1. The van der Waals surface area contributed by atoms with Gasteiger partial charge in [-0.2, -0.15) is 0 Å². The Balaban J connectivity index is 2.23. The fourth-order valence-corrected chi connectivity index (χ4v) is 3.77. The molecule has 0 fully saturated rings. The molecule has 0 aliphatic carbocycles. The molecule has 0 spiro atoms. The SMILES string of the molecule is CCCCNC(=O)[C@@H](CC)N(Cc1ccc(Cl)cc1)C(=O)COc1ccccc1C(C)(C)C. The molecule has 2 aromatic rings. The summed E-state index contributed by atoms with van der Waals surface area (Å²) in [5.41, 5.74) is 1.82. The second kappa shape index (κ2) is 12.6. The molecule has 180 valence electrons. The molecule has 0 radical (unpaired) electrons. The van der Waals surface area contributed by atoms with Gasteiger partial charge in [0.15, 0.2) is 6.61 Å². The minimum Gasteiger partial charge on any atom is -0.483 e. The van der Waals surface area contributed by atoms with Crippen LogP contribution in [0.15, 0.2) is 48.5 Å². The average molecular weight is 473 g/mol. The summed E-state index contributed by atoms with van der Waals surface area (Å²) in [6.45, 7) is 11.1. The van der Waals surface area contributed by atoms with Crippen molar-refractivity contribution in [3.05, 3.63) is 64.7 Å². The minimum absolute atomic E-state index is 0.117. The van der Waals surface area contributed by atoms with Crippen LogP contribution in [0.5, 0.6) is 5.75 Å². The van der Waals surface area contributed by atoms with Gasteiger partial charge in [0.25, 0.3) is 5.91 Å². The topological polar surface area (TPSA) is 58.6 Å². The molecule has 0 saturated carbocycles. The van der Waals surface area contributed by atoms with E-state index in [1.165, 1.54) is 0 Å². The van der Waals surface area contributed by atoms with Crippen molar-refractivity contribution in [2.45, 2.75) is 71.9 Å². The number of nitrogens with zero attached hydrogens (tertiary/aromatic N) is 1. The number of rotatable bonds is 11. The van der Waals surface area contributed by atoms with Crippen LogP contribution in [0.3, 0.4) is 0 Å². The molecule has 0 saturated heterocycles. The fraction of sp³-hybridized carbons (Fsp3) is 0.481. The molecule has 1 N–H and O–H groups in total. The summed E-state index contributed by atoms with van der Waals surface area (Å²) in [4.78, 5) is 27.9. The lowest BCUT2D eigenvalue weighted by Gasteiger charge is -2.31. The Morgan fingerprint density at radius 3 is 2.33 bits per heavy atom. The maximum absolute atomic E-state index is 13.4. The van der Waals surface area contributed by atoms with Gasteiger partial charge in [-0.25, -0.2) is 0 Å². The molecule has 0 unspecified atom stereocenters. The molecule has 0 aromatic heterocycles. The van der Waals surface area contributed by atoms with Gasteiger partial charge in [0, 0.05) is 18.1 Å². The number of benzene rings is 2. The van der Waals surface area contributed by atoms with Gasteiger partial charge < -0.3 is 15.0 Å². The lowest BCUT2D eigenvalue weighted by molar-refractivity contribution is -0.143. The third-order valence-corrected chi connectivity index (χ3v) is 5.78. The number of amides is 2. The first-order valence-electron chi connectivity index (χ1n) is 11.7. The van der Waals surface area contributed by atoms with E-state index in [9.17, 15) is 9.59 Å². The van der Waals surface area contributed by atoms with Crippen LogP contribution < -0.4 is 10.1 Å². The van der Waals surface area contributed by atoms with Gasteiger partial charge in [-0.05, 0) is 47.6 Å². The van der Waals surface area contributed by atoms with Crippen molar-refractivity contribution in [2.24, 2.45) is 0 Å². The van der Waals surface area contributed by atoms with Crippen molar-refractivity contribution in [1.29, 1.82) is 0 Å². The van der Waals surface area contributed by atoms with Crippen LogP contribution >= 0.6 is 11.6 Å². The molecule has 2 rings (SSSR count). The van der Waals surface area contributed by atoms with Crippen LogP contribution in [0.2, 0.25) is 5.02 Å². The van der Waals surface area contributed by atoms with Crippen molar-refractivity contribution in [1.82, 2.24) is 10.2 Å². The lowest BCUT2D eigenvalue weighted by Crippen LogP contribution is -2.50. The van der Waals surface area contributed by atoms with Gasteiger partial charge in [0.1, 0.15) is 11.8 Å². The summed E-state index contributed by atoms with van der Waals surface area (Å²) >= 11 is 6.03. The second-order valence-corrected chi connectivity index (χ2v) is 9.69. The molecule has 0 heterocycles. The van der Waals surface area contributed by atoms with E-state index in [2.05, 4.69) is 33.0 Å². The number of unbranched alkanes of at least 4 members (excludes halogenated alkanes) is 1. The van der Waals surface area contributed by atoms with Gasteiger partial charge >= 0.3 is 0 Å². The van der Waals surface area contributed by atoms with E-state index in [1.54, 1.807) is 17.0 Å². The maximum atomic E-state index is 13.4. The number of halogens is 1. The Kier molecular flexibility index (Phi) is 10.2. The lowest BCUT2D eigenvalue weighted by atomic mass is 9.86. The molecule has 0 bridgehead atoms. The van der Waals surface area contributed by atoms with Gasteiger partial charge in [-0.15, -0.1) is 0 Å². The zero-order valence-electron chi connectivity index (χ0n) is 20.5. The first kappa shape index (κ1) is 26.7. The number of carbonyl (C=O) groups excluding carboxylic acids is 2. The Bertz CT molecular complexity index is 906. The number of carbonyl (C=O) groups is 2. The standard InChI is InChI=1S/C27H37ClN2O3/c1-6-8-17-29-26(32)23(7-2)30(18-20-13-15-21(28)16-14-20)25(31)19-33-24-12-10-9-11-22(24)27(3,4)5/h9-16,23H,6-8,17-19H2,1-5H3,(H,29,32)/t23-/m1/s1. The molecule has 2 aromatic carbocycles. The van der Waals surface area contributed by atoms with Crippen LogP contribution in [-0.2, 0) is 21.5 Å². The quantitative estimate of drug-likeness (QED) is 0.424. The average Bonchev–Trinajstić information content (AvgIpc) is 2.78. The van der Waals surface area contributed by atoms with Crippen LogP contribution in [0.25, 0.3) is 0 Å². The number of para-hydroxylation sites is 1. The molecule has 1 atom stereocenters. The normalized spacial score (nSPS) is 12.2. The van der Waals surface area contributed by atoms with Gasteiger partial charge in [-0.3, -0.25) is 9.59 Å². The molecule has 33 heavy (non-hydrogen) atoms. The van der Waals surface area contributed by atoms with Crippen molar-refractivity contribution < 1.29 is 14.3 Å². The monoisotopic (exact) mass is 472 g/mol. The number of ether oxygens (including phenoxy) is 1. The highest BCUT2D eigenvalue weighted by Crippen LogP contribution is 2.31. The van der Waals surface area contributed by atoms with Crippen LogP contribution in [0, 0.1) is 0 Å². The third-order valence-electron chi connectivity index (χ3n) is 5.53. The summed E-state index contributed by atoms with van der Waals surface area (Å²) in [6, 6.07) is 14.5. The number of hydrogen-bond acceptors (Lipinski definition) is 3. The summed E-state index contributed by atoms with van der Waals surface area (Å²) in [5, 5.41) is 3.60. The predicted octanol–water partition coefficient (Wildman–Crippen LogP) is 5.74. The zero-order chi connectivity index (χ0) is 24.4. The van der Waals surface area contributed by atoms with Gasteiger partial charge in [0.2, 0.25) is 5.91 Å². The molecule has 0 aliphatic heterocycles. The summed E-state index contributed by atoms with van der Waals surface area (Å²) < 4.78 is 5.99. The zero-order valence-corrected chi connectivity index (χ0v) is 21.2. The molecule has 5 nitrogen and oxygen atoms in total. The van der Waals surface area contributed by atoms with E-state index in [1.807, 2.05) is 43.3 Å². The van der Waals surface area contributed by atoms with Crippen LogP contribution in [0.1, 0.15) is 65.0 Å². The van der Waals surface area contributed by atoms with E-state index in [0.717, 1.165) is 24.0 Å². The Labute approximate surface area is 203 Å².